The van der Waals surface area contributed by atoms with Crippen molar-refractivity contribution in [3.8, 4) is 0 Å². The van der Waals surface area contributed by atoms with E-state index in [1.54, 1.807) is 6.07 Å². The maximum absolute atomic E-state index is 10.6. The van der Waals surface area contributed by atoms with Gasteiger partial charge in [0.25, 0.3) is 0 Å². The quantitative estimate of drug-likeness (QED) is 0.592. The standard InChI is InChI=1S/C22H28O6/c1-3-14-7-9-15(10-8-14)11-16-5-4-6-17(12-16)22(27-2)21(26)20(25)19(24)18(13-23)28-22/h4-10,12,18-21,23-26H,3,11,13H2,1-2H3/t18-,19-,20+,21-,22?/m1/s1. The number of aryl methyl sites for hydroxylation is 1. The fourth-order valence-electron chi connectivity index (χ4n) is 3.69. The predicted molar refractivity (Wildman–Crippen MR) is 104 cm³/mol. The van der Waals surface area contributed by atoms with E-state index in [1.165, 1.54) is 12.7 Å². The zero-order chi connectivity index (χ0) is 20.3. The Morgan fingerprint density at radius 3 is 2.25 bits per heavy atom. The van der Waals surface area contributed by atoms with Gasteiger partial charge in [-0.1, -0.05) is 49.4 Å². The number of hydrogen-bond donors (Lipinski definition) is 4. The van der Waals surface area contributed by atoms with Crippen molar-refractivity contribution < 1.29 is 29.9 Å². The number of hydrogen-bond acceptors (Lipinski definition) is 6. The molecular weight excluding hydrogens is 360 g/mol. The molecule has 6 heteroatoms. The average molecular weight is 388 g/mol. The monoisotopic (exact) mass is 388 g/mol. The lowest BCUT2D eigenvalue weighted by Crippen LogP contribution is -2.64. The summed E-state index contributed by atoms with van der Waals surface area (Å²) < 4.78 is 11.3. The van der Waals surface area contributed by atoms with Crippen LogP contribution in [0.1, 0.15) is 29.2 Å². The molecule has 28 heavy (non-hydrogen) atoms. The van der Waals surface area contributed by atoms with E-state index >= 15 is 0 Å². The Hall–Kier alpha value is -1.80. The van der Waals surface area contributed by atoms with Crippen LogP contribution in [0.2, 0.25) is 0 Å². The summed E-state index contributed by atoms with van der Waals surface area (Å²) in [5.41, 5.74) is 3.91. The number of benzene rings is 2. The van der Waals surface area contributed by atoms with E-state index in [2.05, 4.69) is 31.2 Å². The van der Waals surface area contributed by atoms with Crippen molar-refractivity contribution in [3.63, 3.8) is 0 Å². The first-order valence-corrected chi connectivity index (χ1v) is 9.50. The summed E-state index contributed by atoms with van der Waals surface area (Å²) in [6, 6.07) is 15.8. The number of aliphatic hydroxyl groups is 4. The van der Waals surface area contributed by atoms with Crippen LogP contribution >= 0.6 is 0 Å². The Morgan fingerprint density at radius 1 is 0.964 bits per heavy atom. The van der Waals surface area contributed by atoms with Gasteiger partial charge in [-0.2, -0.15) is 0 Å². The molecule has 2 aromatic carbocycles. The molecule has 1 aliphatic heterocycles. The molecule has 0 radical (unpaired) electrons. The molecule has 5 atom stereocenters. The summed E-state index contributed by atoms with van der Waals surface area (Å²) in [6.45, 7) is 1.60. The molecule has 1 fully saturated rings. The van der Waals surface area contributed by atoms with Crippen LogP contribution in [0.5, 0.6) is 0 Å². The molecule has 0 saturated carbocycles. The first kappa shape index (κ1) is 20.9. The Kier molecular flexibility index (Phi) is 6.50. The van der Waals surface area contributed by atoms with Crippen molar-refractivity contribution in [1.82, 2.24) is 0 Å². The number of ether oxygens (including phenoxy) is 2. The molecule has 0 amide bonds. The Balaban J connectivity index is 1.91. The SMILES string of the molecule is CCc1ccc(Cc2cccc(C3(OC)O[C@H](CO)[C@@H](O)[C@H](O)[C@H]3O)c2)cc1. The van der Waals surface area contributed by atoms with Gasteiger partial charge in [-0.25, -0.2) is 0 Å². The Morgan fingerprint density at radius 2 is 1.64 bits per heavy atom. The third kappa shape index (κ3) is 3.85. The van der Waals surface area contributed by atoms with Gasteiger partial charge in [-0.05, 0) is 35.6 Å². The van der Waals surface area contributed by atoms with Crippen LogP contribution in [0.25, 0.3) is 0 Å². The van der Waals surface area contributed by atoms with Crippen LogP contribution < -0.4 is 0 Å². The summed E-state index contributed by atoms with van der Waals surface area (Å²) in [7, 11) is 1.36. The summed E-state index contributed by atoms with van der Waals surface area (Å²) >= 11 is 0. The van der Waals surface area contributed by atoms with Crippen molar-refractivity contribution in [2.24, 2.45) is 0 Å². The lowest BCUT2D eigenvalue weighted by atomic mass is 9.87. The van der Waals surface area contributed by atoms with Gasteiger partial charge in [-0.3, -0.25) is 0 Å². The lowest BCUT2D eigenvalue weighted by molar-refractivity contribution is -0.366. The number of rotatable bonds is 6. The molecule has 152 valence electrons. The smallest absolute Gasteiger partial charge is 0.224 e. The highest BCUT2D eigenvalue weighted by Crippen LogP contribution is 2.39. The molecule has 0 aliphatic carbocycles. The zero-order valence-corrected chi connectivity index (χ0v) is 16.2. The van der Waals surface area contributed by atoms with Crippen LogP contribution in [0.15, 0.2) is 48.5 Å². The van der Waals surface area contributed by atoms with Crippen LogP contribution in [-0.2, 0) is 28.1 Å². The van der Waals surface area contributed by atoms with Crippen LogP contribution in [-0.4, -0.2) is 58.6 Å². The maximum atomic E-state index is 10.6. The molecule has 4 N–H and O–H groups in total. The minimum atomic E-state index is -1.69. The zero-order valence-electron chi connectivity index (χ0n) is 16.2. The molecule has 1 aliphatic rings. The Labute approximate surface area is 165 Å². The minimum Gasteiger partial charge on any atom is -0.394 e. The first-order valence-electron chi connectivity index (χ1n) is 9.50. The minimum absolute atomic E-state index is 0.509. The van der Waals surface area contributed by atoms with E-state index in [9.17, 15) is 20.4 Å². The van der Waals surface area contributed by atoms with Gasteiger partial charge in [-0.15, -0.1) is 0 Å². The molecule has 3 rings (SSSR count). The summed E-state index contributed by atoms with van der Waals surface area (Å²) in [4.78, 5) is 0. The lowest BCUT2D eigenvalue weighted by Gasteiger charge is -2.47. The second kappa shape index (κ2) is 8.69. The third-order valence-electron chi connectivity index (χ3n) is 5.42. The summed E-state index contributed by atoms with van der Waals surface area (Å²) in [6.07, 6.45) is -3.86. The molecule has 2 aromatic rings. The molecule has 1 heterocycles. The Bertz CT molecular complexity index is 775. The fraction of sp³-hybridized carbons (Fsp3) is 0.455. The predicted octanol–water partition coefficient (Wildman–Crippen LogP) is 1.11. The van der Waals surface area contributed by atoms with E-state index in [0.29, 0.717) is 12.0 Å². The van der Waals surface area contributed by atoms with Crippen LogP contribution in [0.3, 0.4) is 0 Å². The van der Waals surface area contributed by atoms with E-state index in [4.69, 9.17) is 9.47 Å². The molecule has 1 unspecified atom stereocenters. The normalized spacial score (nSPS) is 30.4. The molecule has 0 spiro atoms. The van der Waals surface area contributed by atoms with Crippen molar-refractivity contribution in [2.75, 3.05) is 13.7 Å². The molecular formula is C22H28O6. The first-order chi connectivity index (χ1) is 13.4. The van der Waals surface area contributed by atoms with E-state index in [-0.39, 0.29) is 0 Å². The van der Waals surface area contributed by atoms with Crippen LogP contribution in [0, 0.1) is 0 Å². The second-order valence-corrected chi connectivity index (χ2v) is 7.18. The van der Waals surface area contributed by atoms with Gasteiger partial charge in [0.05, 0.1) is 6.61 Å². The van der Waals surface area contributed by atoms with Gasteiger partial charge < -0.3 is 29.9 Å². The third-order valence-corrected chi connectivity index (χ3v) is 5.42. The average Bonchev–Trinajstić information content (AvgIpc) is 2.73. The number of aliphatic hydroxyl groups excluding tert-OH is 4. The van der Waals surface area contributed by atoms with E-state index < -0.39 is 36.8 Å². The van der Waals surface area contributed by atoms with Crippen molar-refractivity contribution >= 4 is 0 Å². The van der Waals surface area contributed by atoms with Gasteiger partial charge in [0.1, 0.15) is 24.4 Å². The molecule has 1 saturated heterocycles. The van der Waals surface area contributed by atoms with Crippen molar-refractivity contribution in [3.05, 3.63) is 70.8 Å². The van der Waals surface area contributed by atoms with E-state index in [1.807, 2.05) is 18.2 Å². The summed E-state index contributed by atoms with van der Waals surface area (Å²) in [5, 5.41) is 40.4. The molecule has 0 aromatic heterocycles. The largest absolute Gasteiger partial charge is 0.394 e. The molecule has 6 nitrogen and oxygen atoms in total. The molecule has 0 bridgehead atoms. The number of methoxy groups -OCH3 is 1. The van der Waals surface area contributed by atoms with Crippen LogP contribution in [0.4, 0.5) is 0 Å². The summed E-state index contributed by atoms with van der Waals surface area (Å²) in [5.74, 6) is -1.69. The topological polar surface area (TPSA) is 99.4 Å². The van der Waals surface area contributed by atoms with Gasteiger partial charge in [0, 0.05) is 12.7 Å². The highest BCUT2D eigenvalue weighted by Gasteiger charge is 2.55. The van der Waals surface area contributed by atoms with Crippen molar-refractivity contribution in [1.29, 1.82) is 0 Å². The highest BCUT2D eigenvalue weighted by molar-refractivity contribution is 5.34. The maximum Gasteiger partial charge on any atom is 0.224 e. The van der Waals surface area contributed by atoms with Crippen molar-refractivity contribution in [2.45, 2.75) is 50.0 Å². The van der Waals surface area contributed by atoms with E-state index in [0.717, 1.165) is 17.5 Å². The van der Waals surface area contributed by atoms with Gasteiger partial charge >= 0.3 is 0 Å². The highest BCUT2D eigenvalue weighted by atomic mass is 16.7. The fourth-order valence-corrected chi connectivity index (χ4v) is 3.69. The second-order valence-electron chi connectivity index (χ2n) is 7.18. The van der Waals surface area contributed by atoms with Gasteiger partial charge in [0.15, 0.2) is 0 Å². The van der Waals surface area contributed by atoms with Gasteiger partial charge in [0.2, 0.25) is 5.79 Å².